The lowest BCUT2D eigenvalue weighted by Gasteiger charge is -2.18. The Hall–Kier alpha value is -1.27. The van der Waals surface area contributed by atoms with Gasteiger partial charge in [-0.15, -0.1) is 11.8 Å². The molecule has 2 unspecified atom stereocenters. The molecule has 1 N–H and O–H groups in total. The van der Waals surface area contributed by atoms with Crippen LogP contribution in [0.5, 0.6) is 0 Å². The molecule has 0 radical (unpaired) electrons. The van der Waals surface area contributed by atoms with Crippen molar-refractivity contribution >= 4 is 40.9 Å². The van der Waals surface area contributed by atoms with Crippen molar-refractivity contribution in [2.24, 2.45) is 5.92 Å². The molecule has 7 heteroatoms. The van der Waals surface area contributed by atoms with Gasteiger partial charge < -0.3 is 10.1 Å². The molecule has 0 spiro atoms. The highest BCUT2D eigenvalue weighted by atomic mass is 35.5. The average molecular weight is 418 g/mol. The third-order valence-corrected chi connectivity index (χ3v) is 5.87. The number of carbonyl (C=O) groups excluding carboxylic acids is 2. The Morgan fingerprint density at radius 2 is 1.89 bits per heavy atom. The molecule has 0 aliphatic rings. The van der Waals surface area contributed by atoms with Gasteiger partial charge in [0.05, 0.1) is 16.8 Å². The molecule has 0 aliphatic carbocycles. The first-order valence-electron chi connectivity index (χ1n) is 9.33. The van der Waals surface area contributed by atoms with E-state index < -0.39 is 11.1 Å². The van der Waals surface area contributed by atoms with Crippen LogP contribution in [0.25, 0.3) is 0 Å². The van der Waals surface area contributed by atoms with Crippen LogP contribution in [0.3, 0.4) is 0 Å². The number of carbonyl (C=O) groups is 2. The first-order chi connectivity index (χ1) is 12.7. The van der Waals surface area contributed by atoms with Crippen LogP contribution in [0.15, 0.2) is 17.0 Å². The SMILES string of the molecule is CCC(C)OC(=O)C(CC)Sc1cc(NC(=O)CCC(C)C)c(F)cc1Cl. The summed E-state index contributed by atoms with van der Waals surface area (Å²) in [6.07, 6.45) is 2.16. The Morgan fingerprint density at radius 3 is 2.44 bits per heavy atom. The maximum atomic E-state index is 14.2. The normalized spacial score (nSPS) is 13.3. The summed E-state index contributed by atoms with van der Waals surface area (Å²) >= 11 is 7.37. The molecular weight excluding hydrogens is 389 g/mol. The summed E-state index contributed by atoms with van der Waals surface area (Å²) in [5, 5.41) is 2.34. The number of halogens is 2. The van der Waals surface area contributed by atoms with Crippen molar-refractivity contribution in [3.63, 3.8) is 0 Å². The van der Waals surface area contributed by atoms with Gasteiger partial charge in [-0.2, -0.15) is 0 Å². The molecule has 2 atom stereocenters. The number of thioether (sulfide) groups is 1. The zero-order valence-corrected chi connectivity index (χ0v) is 18.2. The Bertz CT molecular complexity index is 654. The Morgan fingerprint density at radius 1 is 1.22 bits per heavy atom. The highest BCUT2D eigenvalue weighted by Gasteiger charge is 2.23. The van der Waals surface area contributed by atoms with Crippen molar-refractivity contribution in [1.29, 1.82) is 0 Å². The molecule has 152 valence electrons. The van der Waals surface area contributed by atoms with Crippen molar-refractivity contribution in [2.45, 2.75) is 76.6 Å². The van der Waals surface area contributed by atoms with E-state index in [9.17, 15) is 14.0 Å². The van der Waals surface area contributed by atoms with Crippen molar-refractivity contribution in [2.75, 3.05) is 5.32 Å². The molecule has 4 nitrogen and oxygen atoms in total. The topological polar surface area (TPSA) is 55.4 Å². The third kappa shape index (κ3) is 8.09. The molecule has 0 heterocycles. The zero-order chi connectivity index (χ0) is 20.6. The molecule has 0 aliphatic heterocycles. The van der Waals surface area contributed by atoms with Gasteiger partial charge in [-0.05, 0) is 44.2 Å². The summed E-state index contributed by atoms with van der Waals surface area (Å²) in [4.78, 5) is 24.9. The number of benzene rings is 1. The Labute approximate surface area is 170 Å². The third-order valence-electron chi connectivity index (χ3n) is 4.04. The van der Waals surface area contributed by atoms with Crippen LogP contribution in [0.1, 0.15) is 60.3 Å². The summed E-state index contributed by atoms with van der Waals surface area (Å²) < 4.78 is 19.6. The second kappa shape index (κ2) is 11.5. The number of anilines is 1. The van der Waals surface area contributed by atoms with Crippen LogP contribution in [-0.4, -0.2) is 23.2 Å². The van der Waals surface area contributed by atoms with Gasteiger partial charge in [0.25, 0.3) is 0 Å². The van der Waals surface area contributed by atoms with Gasteiger partial charge in [-0.3, -0.25) is 9.59 Å². The molecular formula is C20H29ClFNO3S. The Balaban J connectivity index is 2.91. The fourth-order valence-electron chi connectivity index (χ4n) is 2.16. The van der Waals surface area contributed by atoms with E-state index in [2.05, 4.69) is 5.32 Å². The highest BCUT2D eigenvalue weighted by Crippen LogP contribution is 2.36. The van der Waals surface area contributed by atoms with Gasteiger partial charge in [0.1, 0.15) is 11.1 Å². The van der Waals surface area contributed by atoms with Gasteiger partial charge in [0.2, 0.25) is 5.91 Å². The zero-order valence-electron chi connectivity index (χ0n) is 16.6. The summed E-state index contributed by atoms with van der Waals surface area (Å²) in [5.41, 5.74) is 0.0702. The first-order valence-corrected chi connectivity index (χ1v) is 10.6. The monoisotopic (exact) mass is 417 g/mol. The fourth-order valence-corrected chi connectivity index (χ4v) is 3.42. The van der Waals surface area contributed by atoms with E-state index in [0.29, 0.717) is 23.7 Å². The number of ether oxygens (including phenoxy) is 1. The lowest BCUT2D eigenvalue weighted by atomic mass is 10.1. The summed E-state index contributed by atoms with van der Waals surface area (Å²) in [5.74, 6) is -0.778. The molecule has 0 aromatic heterocycles. The van der Waals surface area contributed by atoms with Crippen LogP contribution in [0.4, 0.5) is 10.1 Å². The molecule has 1 aromatic rings. The molecule has 1 rings (SSSR count). The van der Waals surface area contributed by atoms with Crippen molar-refractivity contribution in [3.05, 3.63) is 23.0 Å². The van der Waals surface area contributed by atoms with Gasteiger partial charge in [-0.25, -0.2) is 4.39 Å². The van der Waals surface area contributed by atoms with E-state index >= 15 is 0 Å². The number of esters is 1. The van der Waals surface area contributed by atoms with Gasteiger partial charge in [0, 0.05) is 11.3 Å². The number of rotatable bonds is 10. The predicted molar refractivity (Wildman–Crippen MR) is 110 cm³/mol. The standard InChI is InChI=1S/C20H29ClFNO3S/c1-6-13(5)26-20(25)17(7-2)27-18-11-16(15(22)10-14(18)21)23-19(24)9-8-12(3)4/h10-13,17H,6-9H2,1-5H3,(H,23,24). The lowest BCUT2D eigenvalue weighted by Crippen LogP contribution is -2.24. The van der Waals surface area contributed by atoms with E-state index in [-0.39, 0.29) is 28.7 Å². The second-order valence-electron chi connectivity index (χ2n) is 6.91. The highest BCUT2D eigenvalue weighted by molar-refractivity contribution is 8.00. The molecule has 1 aromatic carbocycles. The van der Waals surface area contributed by atoms with Crippen LogP contribution < -0.4 is 5.32 Å². The van der Waals surface area contributed by atoms with Crippen LogP contribution in [0.2, 0.25) is 5.02 Å². The smallest absolute Gasteiger partial charge is 0.319 e. The fraction of sp³-hybridized carbons (Fsp3) is 0.600. The number of hydrogen-bond acceptors (Lipinski definition) is 4. The Kier molecular flexibility index (Phi) is 10.2. The van der Waals surface area contributed by atoms with Gasteiger partial charge in [0.15, 0.2) is 0 Å². The minimum Gasteiger partial charge on any atom is -0.462 e. The van der Waals surface area contributed by atoms with Crippen molar-refractivity contribution in [3.8, 4) is 0 Å². The van der Waals surface area contributed by atoms with Crippen molar-refractivity contribution < 1.29 is 18.7 Å². The number of amides is 1. The molecule has 0 fully saturated rings. The van der Waals surface area contributed by atoms with E-state index in [1.54, 1.807) is 0 Å². The summed E-state index contributed by atoms with van der Waals surface area (Å²) in [6, 6.07) is 2.64. The maximum Gasteiger partial charge on any atom is 0.319 e. The maximum absolute atomic E-state index is 14.2. The minimum atomic E-state index is -0.600. The summed E-state index contributed by atoms with van der Waals surface area (Å²) in [7, 11) is 0. The lowest BCUT2D eigenvalue weighted by molar-refractivity contribution is -0.147. The number of hydrogen-bond donors (Lipinski definition) is 1. The predicted octanol–water partition coefficient (Wildman–Crippen LogP) is 6.07. The molecule has 27 heavy (non-hydrogen) atoms. The van der Waals surface area contributed by atoms with Gasteiger partial charge in [-0.1, -0.05) is 39.3 Å². The first kappa shape index (κ1) is 23.8. The van der Waals surface area contributed by atoms with E-state index in [1.807, 2.05) is 34.6 Å². The second-order valence-corrected chi connectivity index (χ2v) is 8.57. The van der Waals surface area contributed by atoms with Crippen LogP contribution >= 0.6 is 23.4 Å². The quantitative estimate of drug-likeness (QED) is 0.371. The van der Waals surface area contributed by atoms with Gasteiger partial charge >= 0.3 is 5.97 Å². The largest absolute Gasteiger partial charge is 0.462 e. The van der Waals surface area contributed by atoms with Crippen LogP contribution in [0, 0.1) is 11.7 Å². The van der Waals surface area contributed by atoms with E-state index in [1.165, 1.54) is 17.8 Å². The minimum absolute atomic E-state index is 0.0702. The van der Waals surface area contributed by atoms with E-state index in [4.69, 9.17) is 16.3 Å². The average Bonchev–Trinajstić information content (AvgIpc) is 2.60. The number of nitrogens with one attached hydrogen (secondary N) is 1. The molecule has 0 bridgehead atoms. The molecule has 0 saturated heterocycles. The molecule has 1 amide bonds. The van der Waals surface area contributed by atoms with E-state index in [0.717, 1.165) is 18.9 Å². The summed E-state index contributed by atoms with van der Waals surface area (Å²) in [6.45, 7) is 9.70. The van der Waals surface area contributed by atoms with Crippen LogP contribution in [-0.2, 0) is 14.3 Å². The molecule has 0 saturated carbocycles. The van der Waals surface area contributed by atoms with Crippen molar-refractivity contribution in [1.82, 2.24) is 0 Å².